The molecular weight excluding hydrogens is 499 g/mol. The average Bonchev–Trinajstić information content (AvgIpc) is 2.77. The third-order valence-electron chi connectivity index (χ3n) is 4.42. The number of aliphatic hydroxyl groups excluding tert-OH is 1. The van der Waals surface area contributed by atoms with E-state index in [0.29, 0.717) is 10.6 Å². The van der Waals surface area contributed by atoms with Gasteiger partial charge in [0.05, 0.1) is 34.7 Å². The number of ether oxygens (including phenoxy) is 2. The van der Waals surface area contributed by atoms with Gasteiger partial charge >= 0.3 is 0 Å². The van der Waals surface area contributed by atoms with Crippen LogP contribution in [0.25, 0.3) is 0 Å². The molecule has 1 heterocycles. The van der Waals surface area contributed by atoms with Crippen LogP contribution in [0.2, 0.25) is 15.2 Å². The van der Waals surface area contributed by atoms with Gasteiger partial charge in [0.1, 0.15) is 5.75 Å². The largest absolute Gasteiger partial charge is 0.478 e. The maximum atomic E-state index is 13.3. The summed E-state index contributed by atoms with van der Waals surface area (Å²) in [6.07, 6.45) is 1.47. The van der Waals surface area contributed by atoms with Crippen molar-refractivity contribution in [2.45, 2.75) is 10.9 Å². The highest BCUT2D eigenvalue weighted by Crippen LogP contribution is 2.36. The molecule has 0 aliphatic carbocycles. The molecule has 4 N–H and O–H groups in total. The van der Waals surface area contributed by atoms with E-state index in [2.05, 4.69) is 14.7 Å². The number of aromatic nitrogens is 2. The Labute approximate surface area is 201 Å². The van der Waals surface area contributed by atoms with E-state index in [1.807, 2.05) is 0 Å². The van der Waals surface area contributed by atoms with Crippen LogP contribution in [0.3, 0.4) is 0 Å². The summed E-state index contributed by atoms with van der Waals surface area (Å²) in [4.78, 5) is 8.76. The highest BCUT2D eigenvalue weighted by molar-refractivity contribution is 8.03. The Morgan fingerprint density at radius 2 is 1.81 bits per heavy atom. The zero-order valence-electron chi connectivity index (χ0n) is 17.1. The number of aliphatic hydroxyl groups is 1. The number of benzene rings is 2. The molecule has 0 unspecified atom stereocenters. The topological polar surface area (TPSA) is 120 Å². The van der Waals surface area contributed by atoms with Gasteiger partial charge in [-0.25, -0.2) is 4.98 Å². The standard InChI is InChI=1S/C20H21Cl3N4O4S/c1-30-20-18(27-32(2,29)15-5-3-4-13(21)16(15)22)25-17(23)19(26-20)31-12-8-6-11(7-9-12)14(24)10-28/h3-9,14,28,32H,10,24H2,1-2H3,(H,25,27,29)/t14-/m1/s1. The molecule has 0 radical (unpaired) electrons. The molecule has 0 aliphatic heterocycles. The van der Waals surface area contributed by atoms with Crippen molar-refractivity contribution in [2.24, 2.45) is 5.73 Å². The Morgan fingerprint density at radius 3 is 2.44 bits per heavy atom. The first-order chi connectivity index (χ1) is 15.2. The minimum absolute atomic E-state index is 0.0139. The van der Waals surface area contributed by atoms with Crippen molar-refractivity contribution in [1.29, 1.82) is 0 Å². The average molecular weight is 520 g/mol. The van der Waals surface area contributed by atoms with Gasteiger partial charge in [-0.2, -0.15) is 4.98 Å². The van der Waals surface area contributed by atoms with E-state index < -0.39 is 16.2 Å². The van der Waals surface area contributed by atoms with Crippen molar-refractivity contribution in [3.05, 3.63) is 63.2 Å². The molecule has 0 fully saturated rings. The van der Waals surface area contributed by atoms with Crippen LogP contribution < -0.4 is 19.9 Å². The SMILES string of the molecule is COc1nc(Oc2ccc([C@H](N)CO)cc2)c(Cl)nc1N[SH](C)(=O)c1cccc(Cl)c1Cl. The molecule has 32 heavy (non-hydrogen) atoms. The van der Waals surface area contributed by atoms with Crippen LogP contribution in [0.4, 0.5) is 5.82 Å². The van der Waals surface area contributed by atoms with Gasteiger partial charge in [-0.15, -0.1) is 0 Å². The van der Waals surface area contributed by atoms with Crippen LogP contribution in [0, 0.1) is 0 Å². The van der Waals surface area contributed by atoms with Gasteiger partial charge in [-0.3, -0.25) is 4.21 Å². The molecular formula is C20H21Cl3N4O4S. The Kier molecular flexibility index (Phi) is 7.81. The minimum atomic E-state index is -3.27. The molecule has 0 amide bonds. The number of hydrogen-bond acceptors (Lipinski definition) is 7. The number of halogens is 3. The molecule has 0 saturated heterocycles. The third kappa shape index (κ3) is 5.43. The number of nitrogens with two attached hydrogens (primary N) is 1. The number of rotatable bonds is 8. The van der Waals surface area contributed by atoms with Crippen molar-refractivity contribution in [1.82, 2.24) is 9.97 Å². The van der Waals surface area contributed by atoms with Crippen molar-refractivity contribution < 1.29 is 18.8 Å². The quantitative estimate of drug-likeness (QED) is 0.328. The zero-order valence-corrected chi connectivity index (χ0v) is 20.2. The van der Waals surface area contributed by atoms with Gasteiger partial charge in [0.2, 0.25) is 5.82 Å². The predicted molar refractivity (Wildman–Crippen MR) is 128 cm³/mol. The molecule has 3 aromatic rings. The monoisotopic (exact) mass is 518 g/mol. The summed E-state index contributed by atoms with van der Waals surface area (Å²) in [5.41, 5.74) is 6.53. The number of anilines is 1. The summed E-state index contributed by atoms with van der Waals surface area (Å²) in [5, 5.41) is 9.52. The first-order valence-electron chi connectivity index (χ1n) is 9.22. The van der Waals surface area contributed by atoms with Gasteiger partial charge in [0.25, 0.3) is 11.8 Å². The lowest BCUT2D eigenvalue weighted by Crippen LogP contribution is -2.22. The van der Waals surface area contributed by atoms with Crippen LogP contribution in [0.5, 0.6) is 17.5 Å². The minimum Gasteiger partial charge on any atom is -0.478 e. The molecule has 0 bridgehead atoms. The number of thiol groups is 1. The summed E-state index contributed by atoms with van der Waals surface area (Å²) in [7, 11) is -1.89. The summed E-state index contributed by atoms with van der Waals surface area (Å²) in [6.45, 7) is -0.176. The Bertz CT molecular complexity index is 1160. The highest BCUT2D eigenvalue weighted by atomic mass is 35.5. The van der Waals surface area contributed by atoms with Crippen LogP contribution in [0.1, 0.15) is 11.6 Å². The maximum Gasteiger partial charge on any atom is 0.261 e. The lowest BCUT2D eigenvalue weighted by atomic mass is 10.1. The van der Waals surface area contributed by atoms with E-state index in [0.717, 1.165) is 5.56 Å². The van der Waals surface area contributed by atoms with E-state index in [1.165, 1.54) is 13.4 Å². The maximum absolute atomic E-state index is 13.3. The first-order valence-corrected chi connectivity index (χ1v) is 12.5. The summed E-state index contributed by atoms with van der Waals surface area (Å²) in [5.74, 6) is 0.476. The second-order valence-corrected chi connectivity index (χ2v) is 10.4. The van der Waals surface area contributed by atoms with Crippen LogP contribution >= 0.6 is 34.8 Å². The molecule has 0 spiro atoms. The summed E-state index contributed by atoms with van der Waals surface area (Å²) < 4.78 is 27.1. The highest BCUT2D eigenvalue weighted by Gasteiger charge is 2.22. The second-order valence-electron chi connectivity index (χ2n) is 6.75. The van der Waals surface area contributed by atoms with Crippen LogP contribution in [-0.2, 0) is 10.1 Å². The normalized spacial score (nSPS) is 12.8. The first kappa shape index (κ1) is 24.5. The van der Waals surface area contributed by atoms with Crippen molar-refractivity contribution in [3.8, 4) is 17.5 Å². The fraction of sp³-hybridized carbons (Fsp3) is 0.200. The lowest BCUT2D eigenvalue weighted by molar-refractivity contribution is 0.268. The second kappa shape index (κ2) is 10.2. The van der Waals surface area contributed by atoms with Crippen LogP contribution in [0.15, 0.2) is 47.4 Å². The number of nitrogens with one attached hydrogen (secondary N) is 1. The molecule has 172 valence electrons. The van der Waals surface area contributed by atoms with Gasteiger partial charge in [-0.05, 0) is 39.9 Å². The molecule has 12 heteroatoms. The van der Waals surface area contributed by atoms with E-state index >= 15 is 0 Å². The Hall–Kier alpha value is -2.14. The van der Waals surface area contributed by atoms with Gasteiger partial charge < -0.3 is 25.0 Å². The van der Waals surface area contributed by atoms with Gasteiger partial charge in [0, 0.05) is 6.26 Å². The van der Waals surface area contributed by atoms with E-state index in [4.69, 9.17) is 55.1 Å². The Balaban J connectivity index is 1.88. The molecule has 1 aromatic heterocycles. The molecule has 8 nitrogen and oxygen atoms in total. The van der Waals surface area contributed by atoms with Gasteiger partial charge in [-0.1, -0.05) is 53.0 Å². The van der Waals surface area contributed by atoms with E-state index in [1.54, 1.807) is 42.5 Å². The molecule has 1 atom stereocenters. The summed E-state index contributed by atoms with van der Waals surface area (Å²) in [6, 6.07) is 11.1. The molecule has 0 aliphatic rings. The van der Waals surface area contributed by atoms with Crippen molar-refractivity contribution in [3.63, 3.8) is 0 Å². The third-order valence-corrected chi connectivity index (χ3v) is 7.54. The Morgan fingerprint density at radius 1 is 1.12 bits per heavy atom. The zero-order chi connectivity index (χ0) is 23.5. The number of hydrogen-bond donors (Lipinski definition) is 4. The molecule has 0 saturated carbocycles. The fourth-order valence-corrected chi connectivity index (χ4v) is 5.30. The van der Waals surface area contributed by atoms with Gasteiger partial charge in [0.15, 0.2) is 5.15 Å². The van der Waals surface area contributed by atoms with Crippen molar-refractivity contribution in [2.75, 3.05) is 24.7 Å². The number of nitrogens with zero attached hydrogens (tertiary/aromatic N) is 2. The van der Waals surface area contributed by atoms with Crippen molar-refractivity contribution >= 4 is 50.7 Å². The van der Waals surface area contributed by atoms with E-state index in [-0.39, 0.29) is 39.4 Å². The predicted octanol–water partition coefficient (Wildman–Crippen LogP) is 4.26. The fourth-order valence-electron chi connectivity index (χ4n) is 2.75. The van der Waals surface area contributed by atoms with Crippen LogP contribution in [-0.4, -0.2) is 39.3 Å². The lowest BCUT2D eigenvalue weighted by Gasteiger charge is -2.24. The molecule has 2 aromatic carbocycles. The smallest absolute Gasteiger partial charge is 0.261 e. The number of methoxy groups -OCH3 is 1. The summed E-state index contributed by atoms with van der Waals surface area (Å²) >= 11 is 18.5. The van der Waals surface area contributed by atoms with E-state index in [9.17, 15) is 4.21 Å². The molecule has 3 rings (SSSR count).